The van der Waals surface area contributed by atoms with E-state index in [9.17, 15) is 4.79 Å². The third-order valence-electron chi connectivity index (χ3n) is 5.17. The molecule has 4 rings (SSSR count). The number of benzene rings is 1. The maximum Gasteiger partial charge on any atom is 0.273 e. The Labute approximate surface area is 167 Å². The monoisotopic (exact) mass is 463 g/mol. The summed E-state index contributed by atoms with van der Waals surface area (Å²) in [6, 6.07) is 8.39. The van der Waals surface area contributed by atoms with Gasteiger partial charge in [-0.1, -0.05) is 6.07 Å². The van der Waals surface area contributed by atoms with Gasteiger partial charge < -0.3 is 15.0 Å². The molecule has 2 aromatic rings. The summed E-state index contributed by atoms with van der Waals surface area (Å²) in [5.74, 6) is 1.14. The van der Waals surface area contributed by atoms with Crippen LogP contribution < -0.4 is 5.32 Å². The van der Waals surface area contributed by atoms with E-state index in [-0.39, 0.29) is 5.91 Å². The van der Waals surface area contributed by atoms with Crippen LogP contribution >= 0.6 is 22.6 Å². The summed E-state index contributed by atoms with van der Waals surface area (Å²) in [5, 5.41) is 3.46. The molecule has 0 spiro atoms. The number of rotatable bonds is 4. The van der Waals surface area contributed by atoms with Crippen molar-refractivity contribution in [2.75, 3.05) is 25.1 Å². The van der Waals surface area contributed by atoms with E-state index < -0.39 is 0 Å². The second-order valence-corrected chi connectivity index (χ2v) is 8.06. The first-order valence-electron chi connectivity index (χ1n) is 9.00. The minimum Gasteiger partial charge on any atom is -0.381 e. The van der Waals surface area contributed by atoms with Crippen molar-refractivity contribution in [3.8, 4) is 0 Å². The fourth-order valence-corrected chi connectivity index (χ4v) is 4.10. The highest BCUT2D eigenvalue weighted by Crippen LogP contribution is 2.35. The van der Waals surface area contributed by atoms with Crippen LogP contribution in [0.25, 0.3) is 0 Å². The molecule has 0 saturated carbocycles. The average Bonchev–Trinajstić information content (AvgIpc) is 3.26. The van der Waals surface area contributed by atoms with Gasteiger partial charge in [0.25, 0.3) is 5.91 Å². The highest BCUT2D eigenvalue weighted by Gasteiger charge is 2.28. The lowest BCUT2D eigenvalue weighted by atomic mass is 9.95. The van der Waals surface area contributed by atoms with Gasteiger partial charge >= 0.3 is 0 Å². The number of hydrogen-bond donors (Lipinski definition) is 1. The molecule has 6 heteroatoms. The molecule has 0 radical (unpaired) electrons. The summed E-state index contributed by atoms with van der Waals surface area (Å²) in [6.07, 6.45) is 1.04. The standard InChI is InChI=1S/C20H22IN3O2/c1-3-24-10-13-4-5-18(23-19(13)20(24)25)22-17-8-12(2)16(21)9-15(17)14-6-7-26-11-14/h4-5,8-9,14H,3,6-7,10-11H2,1-2H3,(H,22,23). The molecule has 26 heavy (non-hydrogen) atoms. The van der Waals surface area contributed by atoms with Crippen LogP contribution in [0.2, 0.25) is 0 Å². The molecule has 1 aromatic heterocycles. The number of carbonyl (C=O) groups excluding carboxylic acids is 1. The number of hydrogen-bond acceptors (Lipinski definition) is 4. The Morgan fingerprint density at radius 3 is 2.96 bits per heavy atom. The number of nitrogens with zero attached hydrogens (tertiary/aromatic N) is 2. The highest BCUT2D eigenvalue weighted by atomic mass is 127. The topological polar surface area (TPSA) is 54.5 Å². The van der Waals surface area contributed by atoms with Gasteiger partial charge in [0, 0.05) is 40.4 Å². The van der Waals surface area contributed by atoms with Crippen molar-refractivity contribution < 1.29 is 9.53 Å². The Bertz CT molecular complexity index is 862. The smallest absolute Gasteiger partial charge is 0.273 e. The molecule has 1 amide bonds. The summed E-state index contributed by atoms with van der Waals surface area (Å²) in [4.78, 5) is 18.9. The minimum absolute atomic E-state index is 0.0226. The van der Waals surface area contributed by atoms with Crippen molar-refractivity contribution in [3.05, 3.63) is 50.2 Å². The van der Waals surface area contributed by atoms with Gasteiger partial charge in [0.2, 0.25) is 0 Å². The average molecular weight is 463 g/mol. The number of anilines is 2. The third kappa shape index (κ3) is 3.20. The molecular formula is C20H22IN3O2. The number of aryl methyl sites for hydroxylation is 1. The Balaban J connectivity index is 1.67. The van der Waals surface area contributed by atoms with Gasteiger partial charge in [-0.2, -0.15) is 0 Å². The van der Waals surface area contributed by atoms with Gasteiger partial charge in [-0.3, -0.25) is 4.79 Å². The number of fused-ring (bicyclic) bond motifs is 1. The Kier molecular flexibility index (Phi) is 4.88. The van der Waals surface area contributed by atoms with Crippen LogP contribution in [0.1, 0.15) is 46.4 Å². The quantitative estimate of drug-likeness (QED) is 0.691. The first-order chi connectivity index (χ1) is 12.6. The molecule has 1 atom stereocenters. The Morgan fingerprint density at radius 2 is 2.23 bits per heavy atom. The van der Waals surface area contributed by atoms with Crippen molar-refractivity contribution in [1.82, 2.24) is 9.88 Å². The van der Waals surface area contributed by atoms with Crippen LogP contribution in [0, 0.1) is 10.5 Å². The van der Waals surface area contributed by atoms with Gasteiger partial charge in [-0.25, -0.2) is 4.98 Å². The molecular weight excluding hydrogens is 441 g/mol. The fourth-order valence-electron chi connectivity index (χ4n) is 3.61. The van der Waals surface area contributed by atoms with E-state index in [1.807, 2.05) is 24.0 Å². The zero-order chi connectivity index (χ0) is 18.3. The second kappa shape index (κ2) is 7.15. The van der Waals surface area contributed by atoms with Crippen molar-refractivity contribution in [2.45, 2.75) is 32.7 Å². The number of pyridine rings is 1. The van der Waals surface area contributed by atoms with Crippen molar-refractivity contribution in [3.63, 3.8) is 0 Å². The molecule has 2 aliphatic rings. The molecule has 136 valence electrons. The van der Waals surface area contributed by atoms with Crippen LogP contribution in [0.4, 0.5) is 11.5 Å². The molecule has 2 aliphatic heterocycles. The number of aromatic nitrogens is 1. The first-order valence-corrected chi connectivity index (χ1v) is 10.1. The summed E-state index contributed by atoms with van der Waals surface area (Å²) in [6.45, 7) is 7.04. The van der Waals surface area contributed by atoms with E-state index in [2.05, 4.69) is 51.9 Å². The molecule has 1 saturated heterocycles. The summed E-state index contributed by atoms with van der Waals surface area (Å²) >= 11 is 2.38. The van der Waals surface area contributed by atoms with E-state index in [4.69, 9.17) is 4.74 Å². The minimum atomic E-state index is 0.0226. The van der Waals surface area contributed by atoms with Gasteiger partial charge in [-0.15, -0.1) is 0 Å². The number of nitrogens with one attached hydrogen (secondary N) is 1. The third-order valence-corrected chi connectivity index (χ3v) is 6.34. The lowest BCUT2D eigenvalue weighted by molar-refractivity contribution is 0.0783. The van der Waals surface area contributed by atoms with E-state index in [0.29, 0.717) is 24.7 Å². The van der Waals surface area contributed by atoms with Crippen LogP contribution in [0.5, 0.6) is 0 Å². The van der Waals surface area contributed by atoms with Crippen LogP contribution in [0.3, 0.4) is 0 Å². The van der Waals surface area contributed by atoms with E-state index in [1.165, 1.54) is 14.7 Å². The summed E-state index contributed by atoms with van der Waals surface area (Å²) < 4.78 is 6.84. The summed E-state index contributed by atoms with van der Waals surface area (Å²) in [7, 11) is 0. The predicted molar refractivity (Wildman–Crippen MR) is 110 cm³/mol. The van der Waals surface area contributed by atoms with Gasteiger partial charge in [0.15, 0.2) is 0 Å². The normalized spacial score (nSPS) is 19.1. The molecule has 0 aliphatic carbocycles. The van der Waals surface area contributed by atoms with Crippen molar-refractivity contribution in [2.24, 2.45) is 0 Å². The van der Waals surface area contributed by atoms with Gasteiger partial charge in [-0.05, 0) is 72.2 Å². The predicted octanol–water partition coefficient (Wildman–Crippen LogP) is 4.22. The highest BCUT2D eigenvalue weighted by molar-refractivity contribution is 14.1. The maximum atomic E-state index is 12.4. The van der Waals surface area contributed by atoms with Crippen LogP contribution in [0.15, 0.2) is 24.3 Å². The molecule has 5 nitrogen and oxygen atoms in total. The number of amides is 1. The van der Waals surface area contributed by atoms with E-state index in [0.717, 1.165) is 36.7 Å². The van der Waals surface area contributed by atoms with Crippen LogP contribution in [-0.2, 0) is 11.3 Å². The van der Waals surface area contributed by atoms with Crippen LogP contribution in [-0.4, -0.2) is 35.5 Å². The van der Waals surface area contributed by atoms with E-state index >= 15 is 0 Å². The number of carbonyl (C=O) groups is 1. The molecule has 3 heterocycles. The Hall–Kier alpha value is -1.67. The molecule has 1 aromatic carbocycles. The Morgan fingerprint density at radius 1 is 1.38 bits per heavy atom. The largest absolute Gasteiger partial charge is 0.381 e. The fraction of sp³-hybridized carbons (Fsp3) is 0.400. The molecule has 1 fully saturated rings. The van der Waals surface area contributed by atoms with Gasteiger partial charge in [0.1, 0.15) is 11.5 Å². The second-order valence-electron chi connectivity index (χ2n) is 6.90. The lowest BCUT2D eigenvalue weighted by Crippen LogP contribution is -2.23. The van der Waals surface area contributed by atoms with Crippen molar-refractivity contribution >= 4 is 40.0 Å². The zero-order valence-corrected chi connectivity index (χ0v) is 17.2. The number of halogens is 1. The lowest BCUT2D eigenvalue weighted by Gasteiger charge is -2.18. The maximum absolute atomic E-state index is 12.4. The molecule has 1 unspecified atom stereocenters. The van der Waals surface area contributed by atoms with Crippen molar-refractivity contribution in [1.29, 1.82) is 0 Å². The zero-order valence-electron chi connectivity index (χ0n) is 15.0. The van der Waals surface area contributed by atoms with E-state index in [1.54, 1.807) is 0 Å². The molecule has 1 N–H and O–H groups in total. The SMILES string of the molecule is CCN1Cc2ccc(Nc3cc(C)c(I)cc3C3CCOC3)nc2C1=O. The first kappa shape index (κ1) is 17.7. The molecule has 0 bridgehead atoms. The van der Waals surface area contributed by atoms with Gasteiger partial charge in [0.05, 0.1) is 6.61 Å². The number of ether oxygens (including phenoxy) is 1. The summed E-state index contributed by atoms with van der Waals surface area (Å²) in [5.41, 5.74) is 5.13.